The van der Waals surface area contributed by atoms with Crippen molar-refractivity contribution < 1.29 is 0 Å². The van der Waals surface area contributed by atoms with Crippen LogP contribution in [0.3, 0.4) is 0 Å². The quantitative estimate of drug-likeness (QED) is 0.794. The molecule has 0 aliphatic heterocycles. The van der Waals surface area contributed by atoms with Crippen molar-refractivity contribution in [3.63, 3.8) is 0 Å². The number of hydrogen-bond donors (Lipinski definition) is 2. The Balaban J connectivity index is 2.95. The summed E-state index contributed by atoms with van der Waals surface area (Å²) in [6.45, 7) is 4.68. The average molecular weight is 218 g/mol. The highest BCUT2D eigenvalue weighted by molar-refractivity contribution is 9.10. The van der Waals surface area contributed by atoms with Crippen LogP contribution in [-0.2, 0) is 6.54 Å². The van der Waals surface area contributed by atoms with E-state index in [2.05, 4.69) is 39.7 Å². The molecule has 3 nitrogen and oxygen atoms in total. The van der Waals surface area contributed by atoms with E-state index in [1.807, 2.05) is 0 Å². The first kappa shape index (κ1) is 8.74. The van der Waals surface area contributed by atoms with Crippen LogP contribution in [0.25, 0.3) is 0 Å². The van der Waals surface area contributed by atoms with Gasteiger partial charge in [-0.2, -0.15) is 0 Å². The molecule has 62 valence electrons. The molecule has 11 heavy (non-hydrogen) atoms. The molecule has 3 N–H and O–H groups in total. The summed E-state index contributed by atoms with van der Waals surface area (Å²) in [5.74, 6) is 1.41. The van der Waals surface area contributed by atoms with Gasteiger partial charge < -0.3 is 10.7 Å². The highest BCUT2D eigenvalue weighted by Crippen LogP contribution is 2.17. The summed E-state index contributed by atoms with van der Waals surface area (Å²) in [6.07, 6.45) is 0. The minimum Gasteiger partial charge on any atom is -0.344 e. The van der Waals surface area contributed by atoms with Crippen molar-refractivity contribution in [2.75, 3.05) is 0 Å². The van der Waals surface area contributed by atoms with E-state index in [0.29, 0.717) is 12.5 Å². The van der Waals surface area contributed by atoms with Gasteiger partial charge in [0.1, 0.15) is 10.4 Å². The fourth-order valence-corrected chi connectivity index (χ4v) is 1.27. The van der Waals surface area contributed by atoms with E-state index in [1.165, 1.54) is 0 Å². The first-order chi connectivity index (χ1) is 5.15. The molecule has 4 heteroatoms. The molecule has 0 radical (unpaired) electrons. The molecule has 0 saturated carbocycles. The zero-order chi connectivity index (χ0) is 8.43. The molecule has 0 amide bonds. The third-order valence-electron chi connectivity index (χ3n) is 1.50. The van der Waals surface area contributed by atoms with Crippen LogP contribution in [0.5, 0.6) is 0 Å². The SMILES string of the molecule is CC(C)c1nc(Br)c(CN)[nH]1. The second-order valence-electron chi connectivity index (χ2n) is 2.75. The van der Waals surface area contributed by atoms with Crippen LogP contribution in [0.4, 0.5) is 0 Å². The van der Waals surface area contributed by atoms with Gasteiger partial charge in [0.15, 0.2) is 0 Å². The smallest absolute Gasteiger partial charge is 0.128 e. The van der Waals surface area contributed by atoms with Crippen LogP contribution < -0.4 is 5.73 Å². The van der Waals surface area contributed by atoms with Crippen LogP contribution in [0.15, 0.2) is 4.60 Å². The van der Waals surface area contributed by atoms with Crippen LogP contribution in [-0.4, -0.2) is 9.97 Å². The summed E-state index contributed by atoms with van der Waals surface area (Å²) < 4.78 is 0.837. The van der Waals surface area contributed by atoms with Crippen LogP contribution >= 0.6 is 15.9 Å². The summed E-state index contributed by atoms with van der Waals surface area (Å²) in [6, 6.07) is 0. The van der Waals surface area contributed by atoms with E-state index in [-0.39, 0.29) is 0 Å². The molecule has 0 atom stereocenters. The number of nitrogens with zero attached hydrogens (tertiary/aromatic N) is 1. The number of aromatic amines is 1. The average Bonchev–Trinajstić information content (AvgIpc) is 2.31. The molecule has 1 heterocycles. The Hall–Kier alpha value is -0.350. The zero-order valence-electron chi connectivity index (χ0n) is 6.69. The Labute approximate surface area is 74.5 Å². The lowest BCUT2D eigenvalue weighted by Gasteiger charge is -1.96. The summed E-state index contributed by atoms with van der Waals surface area (Å²) in [5, 5.41) is 0. The molecule has 0 fully saturated rings. The normalized spacial score (nSPS) is 11.0. The van der Waals surface area contributed by atoms with E-state index < -0.39 is 0 Å². The van der Waals surface area contributed by atoms with Crippen molar-refractivity contribution in [3.05, 3.63) is 16.1 Å². The second-order valence-corrected chi connectivity index (χ2v) is 3.50. The minimum atomic E-state index is 0.423. The van der Waals surface area contributed by atoms with Crippen molar-refractivity contribution in [3.8, 4) is 0 Å². The van der Waals surface area contributed by atoms with E-state index in [4.69, 9.17) is 5.73 Å². The first-order valence-electron chi connectivity index (χ1n) is 3.59. The molecule has 0 spiro atoms. The van der Waals surface area contributed by atoms with Gasteiger partial charge in [0.05, 0.1) is 5.69 Å². The molecular formula is C7H12BrN3. The monoisotopic (exact) mass is 217 g/mol. The maximum absolute atomic E-state index is 5.46. The van der Waals surface area contributed by atoms with E-state index in [0.717, 1.165) is 16.1 Å². The number of hydrogen-bond acceptors (Lipinski definition) is 2. The summed E-state index contributed by atoms with van der Waals surface area (Å²) in [7, 11) is 0. The van der Waals surface area contributed by atoms with Crippen molar-refractivity contribution in [2.45, 2.75) is 26.3 Å². The predicted molar refractivity (Wildman–Crippen MR) is 48.3 cm³/mol. The van der Waals surface area contributed by atoms with Gasteiger partial charge in [-0.05, 0) is 15.9 Å². The molecule has 0 unspecified atom stereocenters. The number of aromatic nitrogens is 2. The van der Waals surface area contributed by atoms with Gasteiger partial charge in [-0.25, -0.2) is 4.98 Å². The van der Waals surface area contributed by atoms with Gasteiger partial charge >= 0.3 is 0 Å². The standard InChI is InChI=1S/C7H12BrN3/c1-4(2)7-10-5(3-9)6(8)11-7/h4H,3,9H2,1-2H3,(H,10,11). The van der Waals surface area contributed by atoms with Gasteiger partial charge in [-0.15, -0.1) is 0 Å². The third kappa shape index (κ3) is 1.81. The maximum Gasteiger partial charge on any atom is 0.128 e. The molecular weight excluding hydrogens is 206 g/mol. The lowest BCUT2D eigenvalue weighted by Crippen LogP contribution is -1.97. The Morgan fingerprint density at radius 1 is 1.64 bits per heavy atom. The van der Waals surface area contributed by atoms with Gasteiger partial charge in [0, 0.05) is 12.5 Å². The Morgan fingerprint density at radius 3 is 2.55 bits per heavy atom. The Kier molecular flexibility index (Phi) is 2.67. The summed E-state index contributed by atoms with van der Waals surface area (Å²) in [4.78, 5) is 7.41. The molecule has 0 bridgehead atoms. The highest BCUT2D eigenvalue weighted by atomic mass is 79.9. The molecule has 0 saturated heterocycles. The van der Waals surface area contributed by atoms with Crippen LogP contribution in [0, 0.1) is 0 Å². The van der Waals surface area contributed by atoms with Gasteiger partial charge in [0.25, 0.3) is 0 Å². The predicted octanol–water partition coefficient (Wildman–Crippen LogP) is 1.75. The van der Waals surface area contributed by atoms with E-state index in [1.54, 1.807) is 0 Å². The molecule has 0 aromatic carbocycles. The highest BCUT2D eigenvalue weighted by Gasteiger charge is 2.07. The van der Waals surface area contributed by atoms with Crippen molar-refractivity contribution in [1.29, 1.82) is 0 Å². The Bertz CT molecular complexity index is 242. The van der Waals surface area contributed by atoms with Gasteiger partial charge in [-0.3, -0.25) is 0 Å². The number of halogens is 1. The minimum absolute atomic E-state index is 0.423. The number of nitrogens with two attached hydrogens (primary N) is 1. The van der Waals surface area contributed by atoms with Crippen molar-refractivity contribution in [1.82, 2.24) is 9.97 Å². The largest absolute Gasteiger partial charge is 0.344 e. The number of imidazole rings is 1. The summed E-state index contributed by atoms with van der Waals surface area (Å²) in [5.41, 5.74) is 6.43. The van der Waals surface area contributed by atoms with Crippen LogP contribution in [0.2, 0.25) is 0 Å². The number of H-pyrrole nitrogens is 1. The molecule has 0 aliphatic rings. The lowest BCUT2D eigenvalue weighted by molar-refractivity contribution is 0.787. The molecule has 0 aliphatic carbocycles. The lowest BCUT2D eigenvalue weighted by atomic mass is 10.2. The molecule has 1 aromatic heterocycles. The first-order valence-corrected chi connectivity index (χ1v) is 4.38. The number of nitrogens with one attached hydrogen (secondary N) is 1. The van der Waals surface area contributed by atoms with E-state index in [9.17, 15) is 0 Å². The fraction of sp³-hybridized carbons (Fsp3) is 0.571. The van der Waals surface area contributed by atoms with Crippen LogP contribution in [0.1, 0.15) is 31.3 Å². The summed E-state index contributed by atoms with van der Waals surface area (Å²) >= 11 is 3.32. The van der Waals surface area contributed by atoms with Crippen molar-refractivity contribution >= 4 is 15.9 Å². The molecule has 1 rings (SSSR count). The molecule has 1 aromatic rings. The number of rotatable bonds is 2. The zero-order valence-corrected chi connectivity index (χ0v) is 8.27. The topological polar surface area (TPSA) is 54.7 Å². The van der Waals surface area contributed by atoms with E-state index >= 15 is 0 Å². The Morgan fingerprint density at radius 2 is 2.27 bits per heavy atom. The maximum atomic E-state index is 5.46. The van der Waals surface area contributed by atoms with Crippen molar-refractivity contribution in [2.24, 2.45) is 5.73 Å². The third-order valence-corrected chi connectivity index (χ3v) is 2.15. The van der Waals surface area contributed by atoms with Gasteiger partial charge in [-0.1, -0.05) is 13.8 Å². The van der Waals surface area contributed by atoms with Gasteiger partial charge in [0.2, 0.25) is 0 Å². The second kappa shape index (κ2) is 3.36. The fourth-order valence-electron chi connectivity index (χ4n) is 0.816.